The van der Waals surface area contributed by atoms with E-state index in [9.17, 15) is 9.59 Å². The van der Waals surface area contributed by atoms with Crippen molar-refractivity contribution in [2.75, 3.05) is 26.7 Å². The van der Waals surface area contributed by atoms with E-state index in [-0.39, 0.29) is 17.9 Å². The van der Waals surface area contributed by atoms with Gasteiger partial charge in [0, 0.05) is 31.3 Å². The minimum absolute atomic E-state index is 0.0475. The number of carbonyl (C=O) groups excluding carboxylic acids is 2. The second-order valence-electron chi connectivity index (χ2n) is 6.22. The molecule has 27 heavy (non-hydrogen) atoms. The molecule has 1 unspecified atom stereocenters. The van der Waals surface area contributed by atoms with Crippen LogP contribution in [0.2, 0.25) is 0 Å². The van der Waals surface area contributed by atoms with Gasteiger partial charge in [0.25, 0.3) is 11.8 Å². The van der Waals surface area contributed by atoms with Crippen LogP contribution in [-0.2, 0) is 0 Å². The van der Waals surface area contributed by atoms with E-state index in [0.29, 0.717) is 48.8 Å². The molecular weight excluding hydrogens is 346 g/mol. The summed E-state index contributed by atoms with van der Waals surface area (Å²) in [7, 11) is 1.59. The van der Waals surface area contributed by atoms with Crippen LogP contribution in [0.1, 0.15) is 34.1 Å². The summed E-state index contributed by atoms with van der Waals surface area (Å²) in [6.07, 6.45) is 2.08. The maximum Gasteiger partial charge on any atom is 0.256 e. The van der Waals surface area contributed by atoms with E-state index in [0.717, 1.165) is 0 Å². The van der Waals surface area contributed by atoms with Gasteiger partial charge in [0.05, 0.1) is 13.7 Å². The zero-order valence-corrected chi connectivity index (χ0v) is 15.5. The molecule has 1 aromatic heterocycles. The van der Waals surface area contributed by atoms with Crippen molar-refractivity contribution in [1.82, 2.24) is 15.2 Å². The van der Waals surface area contributed by atoms with Gasteiger partial charge >= 0.3 is 0 Å². The number of hydrogen-bond acceptors (Lipinski definition) is 5. The summed E-state index contributed by atoms with van der Waals surface area (Å²) in [4.78, 5) is 30.7. The first-order chi connectivity index (χ1) is 13.1. The molecule has 0 spiro atoms. The first-order valence-corrected chi connectivity index (χ1v) is 8.95. The van der Waals surface area contributed by atoms with Gasteiger partial charge in [0.2, 0.25) is 5.88 Å². The summed E-state index contributed by atoms with van der Waals surface area (Å²) in [6, 6.07) is 10.4. The lowest BCUT2D eigenvalue weighted by Crippen LogP contribution is -2.31. The molecular formula is C20H23N3O4. The number of hydrogen-bond donors (Lipinski definition) is 1. The fourth-order valence-electron chi connectivity index (χ4n) is 3.00. The van der Waals surface area contributed by atoms with Crippen LogP contribution in [-0.4, -0.2) is 54.5 Å². The number of methoxy groups -OCH3 is 1. The smallest absolute Gasteiger partial charge is 0.256 e. The summed E-state index contributed by atoms with van der Waals surface area (Å²) < 4.78 is 11.1. The molecule has 2 amide bonds. The maximum atomic E-state index is 12.7. The van der Waals surface area contributed by atoms with Gasteiger partial charge in [-0.2, -0.15) is 0 Å². The molecule has 7 heteroatoms. The minimum Gasteiger partial charge on any atom is -0.497 e. The van der Waals surface area contributed by atoms with Crippen molar-refractivity contribution in [2.45, 2.75) is 19.4 Å². The number of carbonyl (C=O) groups is 2. The van der Waals surface area contributed by atoms with Crippen LogP contribution in [0.5, 0.6) is 11.6 Å². The summed E-state index contributed by atoms with van der Waals surface area (Å²) in [5, 5.41) is 2.75. The zero-order valence-electron chi connectivity index (χ0n) is 15.5. The summed E-state index contributed by atoms with van der Waals surface area (Å²) in [5.74, 6) is 0.743. The van der Waals surface area contributed by atoms with E-state index in [1.54, 1.807) is 54.6 Å². The highest BCUT2D eigenvalue weighted by Gasteiger charge is 2.29. The van der Waals surface area contributed by atoms with E-state index in [1.165, 1.54) is 0 Å². The standard InChI is InChI=1S/C20H23N3O4/c1-3-21-18(24)17-5-4-11-22-19(17)27-16-10-12-23(13-16)20(25)14-6-8-15(26-2)9-7-14/h4-9,11,16H,3,10,12-13H2,1-2H3,(H,21,24). The predicted molar refractivity (Wildman–Crippen MR) is 100 cm³/mol. The lowest BCUT2D eigenvalue weighted by molar-refractivity contribution is 0.0768. The molecule has 1 aliphatic rings. The molecule has 2 heterocycles. The quantitative estimate of drug-likeness (QED) is 0.844. The van der Waals surface area contributed by atoms with E-state index < -0.39 is 0 Å². The molecule has 0 radical (unpaired) electrons. The van der Waals surface area contributed by atoms with Crippen LogP contribution in [0, 0.1) is 0 Å². The van der Waals surface area contributed by atoms with Crippen molar-refractivity contribution < 1.29 is 19.1 Å². The molecule has 1 fully saturated rings. The van der Waals surface area contributed by atoms with Crippen molar-refractivity contribution in [3.05, 3.63) is 53.7 Å². The molecule has 1 aromatic carbocycles. The van der Waals surface area contributed by atoms with Crippen LogP contribution >= 0.6 is 0 Å². The fraction of sp³-hybridized carbons (Fsp3) is 0.350. The Morgan fingerprint density at radius 1 is 1.26 bits per heavy atom. The van der Waals surface area contributed by atoms with Gasteiger partial charge in [-0.05, 0) is 43.3 Å². The molecule has 1 aliphatic heterocycles. The number of amides is 2. The Labute approximate surface area is 158 Å². The zero-order chi connectivity index (χ0) is 19.2. The van der Waals surface area contributed by atoms with Crippen molar-refractivity contribution >= 4 is 11.8 Å². The molecule has 0 aliphatic carbocycles. The summed E-state index contributed by atoms with van der Waals surface area (Å²) >= 11 is 0. The number of nitrogens with one attached hydrogen (secondary N) is 1. The van der Waals surface area contributed by atoms with Gasteiger partial charge in [-0.15, -0.1) is 0 Å². The number of rotatable bonds is 6. The van der Waals surface area contributed by atoms with Gasteiger partial charge < -0.3 is 19.7 Å². The van der Waals surface area contributed by atoms with Crippen molar-refractivity contribution in [1.29, 1.82) is 0 Å². The molecule has 1 atom stereocenters. The van der Waals surface area contributed by atoms with E-state index in [2.05, 4.69) is 10.3 Å². The highest BCUT2D eigenvalue weighted by atomic mass is 16.5. The average molecular weight is 369 g/mol. The van der Waals surface area contributed by atoms with Gasteiger partial charge in [0.15, 0.2) is 0 Å². The molecule has 3 rings (SSSR count). The Balaban J connectivity index is 1.64. The first kappa shape index (κ1) is 18.7. The molecule has 1 N–H and O–H groups in total. The second-order valence-corrected chi connectivity index (χ2v) is 6.22. The first-order valence-electron chi connectivity index (χ1n) is 8.95. The Morgan fingerprint density at radius 3 is 2.74 bits per heavy atom. The van der Waals surface area contributed by atoms with Crippen LogP contribution in [0.15, 0.2) is 42.6 Å². The lowest BCUT2D eigenvalue weighted by Gasteiger charge is -2.18. The highest BCUT2D eigenvalue weighted by molar-refractivity contribution is 5.96. The van der Waals surface area contributed by atoms with E-state index >= 15 is 0 Å². The SMILES string of the molecule is CCNC(=O)c1cccnc1OC1CCN(C(=O)c2ccc(OC)cc2)C1. The van der Waals surface area contributed by atoms with Crippen LogP contribution in [0.4, 0.5) is 0 Å². The second kappa shape index (κ2) is 8.53. The summed E-state index contributed by atoms with van der Waals surface area (Å²) in [5.41, 5.74) is 1.01. The van der Waals surface area contributed by atoms with Gasteiger partial charge in [0.1, 0.15) is 17.4 Å². The Bertz CT molecular complexity index is 807. The van der Waals surface area contributed by atoms with Crippen LogP contribution in [0.3, 0.4) is 0 Å². The predicted octanol–water partition coefficient (Wildman–Crippen LogP) is 2.13. The number of likely N-dealkylation sites (tertiary alicyclic amines) is 1. The third kappa shape index (κ3) is 4.36. The van der Waals surface area contributed by atoms with Crippen LogP contribution < -0.4 is 14.8 Å². The molecule has 142 valence electrons. The molecule has 0 bridgehead atoms. The number of benzene rings is 1. The largest absolute Gasteiger partial charge is 0.497 e. The topological polar surface area (TPSA) is 80.8 Å². The van der Waals surface area contributed by atoms with E-state index in [4.69, 9.17) is 9.47 Å². The normalized spacial score (nSPS) is 16.1. The van der Waals surface area contributed by atoms with Crippen molar-refractivity contribution in [2.24, 2.45) is 0 Å². The number of nitrogens with zero attached hydrogens (tertiary/aromatic N) is 2. The monoisotopic (exact) mass is 369 g/mol. The number of ether oxygens (including phenoxy) is 2. The van der Waals surface area contributed by atoms with Gasteiger partial charge in [-0.3, -0.25) is 9.59 Å². The lowest BCUT2D eigenvalue weighted by atomic mass is 10.2. The third-order valence-corrected chi connectivity index (χ3v) is 4.40. The highest BCUT2D eigenvalue weighted by Crippen LogP contribution is 2.22. The van der Waals surface area contributed by atoms with E-state index in [1.807, 2.05) is 6.92 Å². The molecule has 2 aromatic rings. The Hall–Kier alpha value is -3.09. The Kier molecular flexibility index (Phi) is 5.90. The Morgan fingerprint density at radius 2 is 2.04 bits per heavy atom. The molecule has 1 saturated heterocycles. The average Bonchev–Trinajstić information content (AvgIpc) is 3.16. The van der Waals surface area contributed by atoms with Crippen molar-refractivity contribution in [3.63, 3.8) is 0 Å². The molecule has 7 nitrogen and oxygen atoms in total. The minimum atomic E-state index is -0.218. The maximum absolute atomic E-state index is 12.7. The number of pyridine rings is 1. The molecule has 0 saturated carbocycles. The van der Waals surface area contributed by atoms with Crippen molar-refractivity contribution in [3.8, 4) is 11.6 Å². The number of aromatic nitrogens is 1. The summed E-state index contributed by atoms with van der Waals surface area (Å²) in [6.45, 7) is 3.43. The fourth-order valence-corrected chi connectivity index (χ4v) is 3.00. The van der Waals surface area contributed by atoms with Gasteiger partial charge in [-0.25, -0.2) is 4.98 Å². The van der Waals surface area contributed by atoms with Gasteiger partial charge in [-0.1, -0.05) is 0 Å². The van der Waals surface area contributed by atoms with Crippen LogP contribution in [0.25, 0.3) is 0 Å². The third-order valence-electron chi connectivity index (χ3n) is 4.40.